The van der Waals surface area contributed by atoms with E-state index in [0.717, 1.165) is 48.0 Å². The van der Waals surface area contributed by atoms with Crippen LogP contribution in [0.4, 0.5) is 11.4 Å². The summed E-state index contributed by atoms with van der Waals surface area (Å²) in [5, 5.41) is 17.8. The van der Waals surface area contributed by atoms with E-state index >= 15 is 0 Å². The van der Waals surface area contributed by atoms with Crippen molar-refractivity contribution in [2.45, 2.75) is 19.3 Å². The van der Waals surface area contributed by atoms with Gasteiger partial charge in [-0.1, -0.05) is 46.3 Å². The van der Waals surface area contributed by atoms with Crippen molar-refractivity contribution in [2.24, 2.45) is 0 Å². The van der Waals surface area contributed by atoms with Crippen molar-refractivity contribution in [1.29, 1.82) is 0 Å². The van der Waals surface area contributed by atoms with Gasteiger partial charge in [-0.2, -0.15) is 0 Å². The zero-order valence-electron chi connectivity index (χ0n) is 15.6. The molecular formula is C22H22BrN3O2. The molecule has 4 rings (SSSR count). The molecule has 0 saturated carbocycles. The van der Waals surface area contributed by atoms with Crippen molar-refractivity contribution in [3.05, 3.63) is 80.8 Å². The van der Waals surface area contributed by atoms with Crippen LogP contribution >= 0.6 is 15.9 Å². The third-order valence-electron chi connectivity index (χ3n) is 5.28. The molecular weight excluding hydrogens is 418 g/mol. The first-order valence-corrected chi connectivity index (χ1v) is 10.4. The molecule has 0 radical (unpaired) electrons. The van der Waals surface area contributed by atoms with E-state index in [0.29, 0.717) is 5.39 Å². The Morgan fingerprint density at radius 3 is 2.54 bits per heavy atom. The summed E-state index contributed by atoms with van der Waals surface area (Å²) in [5.74, 6) is 0. The smallest absolute Gasteiger partial charge is 0.277 e. The second-order valence-corrected chi connectivity index (χ2v) is 7.99. The van der Waals surface area contributed by atoms with Crippen LogP contribution in [0, 0.1) is 10.1 Å². The summed E-state index contributed by atoms with van der Waals surface area (Å²) in [6.45, 7) is 2.85. The van der Waals surface area contributed by atoms with Crippen LogP contribution in [0.5, 0.6) is 0 Å². The highest BCUT2D eigenvalue weighted by Gasteiger charge is 2.24. The topological polar surface area (TPSA) is 49.6 Å². The second-order valence-electron chi connectivity index (χ2n) is 7.07. The van der Waals surface area contributed by atoms with Gasteiger partial charge < -0.3 is 5.01 Å². The molecule has 0 spiro atoms. The predicted octanol–water partition coefficient (Wildman–Crippen LogP) is 5.57. The Balaban J connectivity index is 1.64. The maximum absolute atomic E-state index is 11.4. The van der Waals surface area contributed by atoms with Gasteiger partial charge in [0, 0.05) is 35.6 Å². The summed E-state index contributed by atoms with van der Waals surface area (Å²) in [5.41, 5.74) is 2.51. The summed E-state index contributed by atoms with van der Waals surface area (Å²) in [4.78, 5) is 11.1. The van der Waals surface area contributed by atoms with Gasteiger partial charge in [-0.25, -0.2) is 5.01 Å². The van der Waals surface area contributed by atoms with Crippen molar-refractivity contribution < 1.29 is 4.92 Å². The molecule has 0 aliphatic carbocycles. The molecule has 28 heavy (non-hydrogen) atoms. The summed E-state index contributed by atoms with van der Waals surface area (Å²) < 4.78 is 1.10. The molecule has 1 aliphatic rings. The summed E-state index contributed by atoms with van der Waals surface area (Å²) >= 11 is 3.54. The number of benzene rings is 3. The predicted molar refractivity (Wildman–Crippen MR) is 117 cm³/mol. The lowest BCUT2D eigenvalue weighted by molar-refractivity contribution is -0.383. The molecule has 5 nitrogen and oxygen atoms in total. The van der Waals surface area contributed by atoms with Gasteiger partial charge in [0.1, 0.15) is 0 Å². The highest BCUT2D eigenvalue weighted by molar-refractivity contribution is 9.10. The average Bonchev–Trinajstić information content (AvgIpc) is 2.71. The second kappa shape index (κ2) is 8.29. The highest BCUT2D eigenvalue weighted by atomic mass is 79.9. The Morgan fingerprint density at radius 1 is 0.964 bits per heavy atom. The van der Waals surface area contributed by atoms with Crippen LogP contribution < -0.4 is 5.01 Å². The number of hydrogen-bond acceptors (Lipinski definition) is 4. The van der Waals surface area contributed by atoms with Crippen molar-refractivity contribution in [3.8, 4) is 0 Å². The van der Waals surface area contributed by atoms with E-state index in [2.05, 4.69) is 44.1 Å². The summed E-state index contributed by atoms with van der Waals surface area (Å²) in [6, 6.07) is 19.6. The number of fused-ring (bicyclic) bond motifs is 1. The third-order valence-corrected chi connectivity index (χ3v) is 5.77. The molecule has 0 bridgehead atoms. The molecule has 1 aliphatic heterocycles. The maximum Gasteiger partial charge on any atom is 0.277 e. The SMILES string of the molecule is O=[N+]([O-])c1ccc(N2CCCCN2CCc2cccc(Br)c2)c2ccccc12. The van der Waals surface area contributed by atoms with Crippen molar-refractivity contribution >= 4 is 38.1 Å². The molecule has 6 heteroatoms. The minimum absolute atomic E-state index is 0.164. The molecule has 1 fully saturated rings. The fourth-order valence-corrected chi connectivity index (χ4v) is 4.37. The lowest BCUT2D eigenvalue weighted by Crippen LogP contribution is -2.48. The normalized spacial score (nSPS) is 15.1. The first-order chi connectivity index (χ1) is 13.6. The molecule has 0 aromatic heterocycles. The molecule has 1 heterocycles. The zero-order chi connectivity index (χ0) is 19.5. The molecule has 0 N–H and O–H groups in total. The Kier molecular flexibility index (Phi) is 5.59. The standard InChI is InChI=1S/C22H22BrN3O2/c23-18-7-5-6-17(16-18)12-15-24-13-3-4-14-25(24)21-10-11-22(26(27)28)20-9-2-1-8-19(20)21/h1-2,5-11,16H,3-4,12-15H2. The third kappa shape index (κ3) is 3.88. The van der Waals surface area contributed by atoms with E-state index in [-0.39, 0.29) is 10.6 Å². The Hall–Kier alpha value is -2.44. The lowest BCUT2D eigenvalue weighted by Gasteiger charge is -2.41. The monoisotopic (exact) mass is 439 g/mol. The number of halogens is 1. The first kappa shape index (κ1) is 18.9. The van der Waals surface area contributed by atoms with Gasteiger partial charge in [0.2, 0.25) is 0 Å². The Labute approximate surface area is 172 Å². The van der Waals surface area contributed by atoms with Crippen molar-refractivity contribution in [2.75, 3.05) is 24.6 Å². The van der Waals surface area contributed by atoms with Gasteiger partial charge in [-0.3, -0.25) is 10.1 Å². The zero-order valence-corrected chi connectivity index (χ0v) is 17.1. The lowest BCUT2D eigenvalue weighted by atomic mass is 10.1. The number of rotatable bonds is 5. The maximum atomic E-state index is 11.4. The van der Waals surface area contributed by atoms with E-state index in [1.54, 1.807) is 6.07 Å². The average molecular weight is 440 g/mol. The van der Waals surface area contributed by atoms with E-state index in [4.69, 9.17) is 0 Å². The van der Waals surface area contributed by atoms with Gasteiger partial charge in [0.05, 0.1) is 16.0 Å². The minimum Gasteiger partial charge on any atom is -0.305 e. The largest absolute Gasteiger partial charge is 0.305 e. The number of non-ortho nitro benzene ring substituents is 1. The molecule has 0 atom stereocenters. The highest BCUT2D eigenvalue weighted by Crippen LogP contribution is 2.35. The summed E-state index contributed by atoms with van der Waals surface area (Å²) in [7, 11) is 0. The number of nitro groups is 1. The Morgan fingerprint density at radius 2 is 1.75 bits per heavy atom. The van der Waals surface area contributed by atoms with Crippen molar-refractivity contribution in [1.82, 2.24) is 5.01 Å². The molecule has 1 saturated heterocycles. The van der Waals surface area contributed by atoms with Crippen LogP contribution in [0.25, 0.3) is 10.8 Å². The van der Waals surface area contributed by atoms with E-state index in [1.807, 2.05) is 36.4 Å². The number of nitrogens with zero attached hydrogens (tertiary/aromatic N) is 3. The molecule has 3 aromatic carbocycles. The van der Waals surface area contributed by atoms with Crippen LogP contribution in [0.2, 0.25) is 0 Å². The van der Waals surface area contributed by atoms with Crippen molar-refractivity contribution in [3.63, 3.8) is 0 Å². The van der Waals surface area contributed by atoms with Gasteiger partial charge >= 0.3 is 0 Å². The number of nitro benzene ring substituents is 1. The van der Waals surface area contributed by atoms with Crippen LogP contribution in [0.1, 0.15) is 18.4 Å². The van der Waals surface area contributed by atoms with E-state index in [9.17, 15) is 10.1 Å². The number of hydrazine groups is 1. The summed E-state index contributed by atoms with van der Waals surface area (Å²) in [6.07, 6.45) is 3.25. The van der Waals surface area contributed by atoms with Gasteiger partial charge in [0.15, 0.2) is 0 Å². The van der Waals surface area contributed by atoms with Crippen LogP contribution in [-0.2, 0) is 6.42 Å². The number of anilines is 1. The fraction of sp³-hybridized carbons (Fsp3) is 0.273. The van der Waals surface area contributed by atoms with Gasteiger partial charge in [0.25, 0.3) is 5.69 Å². The molecule has 0 unspecified atom stereocenters. The Bertz CT molecular complexity index is 1010. The van der Waals surface area contributed by atoms with E-state index in [1.165, 1.54) is 12.0 Å². The fourth-order valence-electron chi connectivity index (χ4n) is 3.93. The van der Waals surface area contributed by atoms with Crippen LogP contribution in [0.3, 0.4) is 0 Å². The van der Waals surface area contributed by atoms with Gasteiger partial charge in [-0.15, -0.1) is 0 Å². The number of hydrogen-bond donors (Lipinski definition) is 0. The first-order valence-electron chi connectivity index (χ1n) is 9.56. The minimum atomic E-state index is -0.298. The van der Waals surface area contributed by atoms with E-state index < -0.39 is 0 Å². The van der Waals surface area contributed by atoms with Crippen LogP contribution in [0.15, 0.2) is 65.1 Å². The molecule has 0 amide bonds. The molecule has 144 valence electrons. The van der Waals surface area contributed by atoms with Gasteiger partial charge in [-0.05, 0) is 49.1 Å². The van der Waals surface area contributed by atoms with Crippen LogP contribution in [-0.4, -0.2) is 29.6 Å². The quantitative estimate of drug-likeness (QED) is 0.385. The molecule has 3 aromatic rings.